The number of halogens is 1. The van der Waals surface area contributed by atoms with E-state index in [0.29, 0.717) is 18.7 Å². The van der Waals surface area contributed by atoms with Crippen LogP contribution >= 0.6 is 12.4 Å². The summed E-state index contributed by atoms with van der Waals surface area (Å²) in [5.41, 5.74) is 8.40. The Labute approximate surface area is 148 Å². The smallest absolute Gasteiger partial charge is 0.336 e. The molecule has 0 radical (unpaired) electrons. The zero-order valence-corrected chi connectivity index (χ0v) is 15.0. The van der Waals surface area contributed by atoms with Crippen LogP contribution in [0.15, 0.2) is 33.5 Å². The molecule has 2 aromatic rings. The standard InChI is InChI=1S/C18H24N2O3.ClH/c1-12-3-4-16-13(8-18(21)23-17(16)7-12)11-20-6-5-15(22-2)9-14(20)10-19;/h3-4,7-8,14-15H,5-6,9-11,19H2,1-2H3;1H. The highest BCUT2D eigenvalue weighted by molar-refractivity contribution is 5.85. The molecule has 0 aliphatic carbocycles. The maximum absolute atomic E-state index is 11.9. The van der Waals surface area contributed by atoms with Gasteiger partial charge in [0.2, 0.25) is 0 Å². The maximum atomic E-state index is 11.9. The predicted octanol–water partition coefficient (Wildman–Crippen LogP) is 2.46. The molecule has 2 unspecified atom stereocenters. The number of ether oxygens (including phenoxy) is 1. The number of methoxy groups -OCH3 is 1. The molecular formula is C18H25ClN2O3. The van der Waals surface area contributed by atoms with Crippen molar-refractivity contribution in [2.75, 3.05) is 20.2 Å². The molecule has 2 N–H and O–H groups in total. The summed E-state index contributed by atoms with van der Waals surface area (Å²) in [6.45, 7) is 4.22. The quantitative estimate of drug-likeness (QED) is 0.856. The molecule has 1 fully saturated rings. The molecule has 0 spiro atoms. The average molecular weight is 353 g/mol. The van der Waals surface area contributed by atoms with E-state index >= 15 is 0 Å². The normalized spacial score (nSPS) is 21.6. The summed E-state index contributed by atoms with van der Waals surface area (Å²) in [5, 5.41) is 1.000. The third-order valence-corrected chi connectivity index (χ3v) is 4.75. The molecule has 0 bridgehead atoms. The van der Waals surface area contributed by atoms with Gasteiger partial charge in [-0.25, -0.2) is 4.79 Å². The lowest BCUT2D eigenvalue weighted by Crippen LogP contribution is -2.48. The highest BCUT2D eigenvalue weighted by Gasteiger charge is 2.28. The predicted molar refractivity (Wildman–Crippen MR) is 97.8 cm³/mol. The van der Waals surface area contributed by atoms with Crippen LogP contribution in [-0.4, -0.2) is 37.2 Å². The molecule has 1 aliphatic heterocycles. The van der Waals surface area contributed by atoms with Gasteiger partial charge >= 0.3 is 5.63 Å². The third kappa shape index (κ3) is 3.98. The third-order valence-electron chi connectivity index (χ3n) is 4.75. The summed E-state index contributed by atoms with van der Waals surface area (Å²) in [7, 11) is 1.76. The number of nitrogens with two attached hydrogens (primary N) is 1. The Morgan fingerprint density at radius 3 is 2.88 bits per heavy atom. The minimum atomic E-state index is -0.297. The first-order valence-electron chi connectivity index (χ1n) is 8.11. The van der Waals surface area contributed by atoms with Crippen LogP contribution in [0.25, 0.3) is 11.0 Å². The van der Waals surface area contributed by atoms with Crippen molar-refractivity contribution in [2.45, 2.75) is 38.5 Å². The molecule has 132 valence electrons. The summed E-state index contributed by atoms with van der Waals surface area (Å²) in [6.07, 6.45) is 2.21. The summed E-state index contributed by atoms with van der Waals surface area (Å²) in [6, 6.07) is 7.87. The zero-order chi connectivity index (χ0) is 16.4. The van der Waals surface area contributed by atoms with Crippen LogP contribution in [0, 0.1) is 6.92 Å². The number of benzene rings is 1. The first-order valence-corrected chi connectivity index (χ1v) is 8.11. The molecule has 24 heavy (non-hydrogen) atoms. The van der Waals surface area contributed by atoms with E-state index < -0.39 is 0 Å². The van der Waals surface area contributed by atoms with Gasteiger partial charge in [0.15, 0.2) is 0 Å². The van der Waals surface area contributed by atoms with Crippen molar-refractivity contribution >= 4 is 23.4 Å². The molecule has 3 rings (SSSR count). The molecule has 1 aromatic heterocycles. The van der Waals surface area contributed by atoms with E-state index in [1.165, 1.54) is 0 Å². The van der Waals surface area contributed by atoms with Crippen LogP contribution in [-0.2, 0) is 11.3 Å². The lowest BCUT2D eigenvalue weighted by molar-refractivity contribution is 0.0103. The van der Waals surface area contributed by atoms with Crippen LogP contribution in [0.3, 0.4) is 0 Å². The average Bonchev–Trinajstić information content (AvgIpc) is 2.54. The molecule has 1 aromatic carbocycles. The van der Waals surface area contributed by atoms with Crippen LogP contribution in [0.4, 0.5) is 0 Å². The molecule has 2 atom stereocenters. The second-order valence-electron chi connectivity index (χ2n) is 6.33. The fourth-order valence-corrected chi connectivity index (χ4v) is 3.42. The topological polar surface area (TPSA) is 68.7 Å². The number of likely N-dealkylation sites (tertiary alicyclic amines) is 1. The second-order valence-corrected chi connectivity index (χ2v) is 6.33. The summed E-state index contributed by atoms with van der Waals surface area (Å²) in [4.78, 5) is 14.2. The van der Waals surface area contributed by atoms with E-state index in [0.717, 1.165) is 35.9 Å². The van der Waals surface area contributed by atoms with Crippen LogP contribution < -0.4 is 11.4 Å². The van der Waals surface area contributed by atoms with Crippen molar-refractivity contribution < 1.29 is 9.15 Å². The van der Waals surface area contributed by atoms with Crippen molar-refractivity contribution in [2.24, 2.45) is 5.73 Å². The summed E-state index contributed by atoms with van der Waals surface area (Å²) in [5.74, 6) is 0. The number of rotatable bonds is 4. The van der Waals surface area contributed by atoms with Gasteiger partial charge in [0.05, 0.1) is 6.10 Å². The van der Waals surface area contributed by atoms with Gasteiger partial charge in [-0.15, -0.1) is 12.4 Å². The lowest BCUT2D eigenvalue weighted by atomic mass is 9.98. The second kappa shape index (κ2) is 8.12. The molecule has 1 saturated heterocycles. The summed E-state index contributed by atoms with van der Waals surface area (Å²) >= 11 is 0. The van der Waals surface area contributed by atoms with E-state index in [1.807, 2.05) is 25.1 Å². The molecule has 0 amide bonds. The minimum Gasteiger partial charge on any atom is -0.423 e. The van der Waals surface area contributed by atoms with Crippen molar-refractivity contribution in [3.05, 3.63) is 45.8 Å². The zero-order valence-electron chi connectivity index (χ0n) is 14.2. The van der Waals surface area contributed by atoms with Crippen molar-refractivity contribution in [1.29, 1.82) is 0 Å². The fraction of sp³-hybridized carbons (Fsp3) is 0.500. The van der Waals surface area contributed by atoms with Crippen molar-refractivity contribution in [3.8, 4) is 0 Å². The number of piperidine rings is 1. The van der Waals surface area contributed by atoms with Gasteiger partial charge in [-0.05, 0) is 37.0 Å². The first-order chi connectivity index (χ1) is 11.1. The van der Waals surface area contributed by atoms with Gasteiger partial charge in [-0.2, -0.15) is 0 Å². The lowest BCUT2D eigenvalue weighted by Gasteiger charge is -2.38. The van der Waals surface area contributed by atoms with Crippen molar-refractivity contribution in [1.82, 2.24) is 4.90 Å². The van der Waals surface area contributed by atoms with E-state index in [1.54, 1.807) is 13.2 Å². The van der Waals surface area contributed by atoms with E-state index in [2.05, 4.69) is 4.90 Å². The molecule has 2 heterocycles. The number of aryl methyl sites for hydroxylation is 1. The fourth-order valence-electron chi connectivity index (χ4n) is 3.42. The van der Waals surface area contributed by atoms with Crippen LogP contribution in [0.1, 0.15) is 24.0 Å². The molecule has 6 heteroatoms. The SMILES string of the molecule is COC1CCN(Cc2cc(=O)oc3cc(C)ccc23)C(CN)C1.Cl. The Bertz CT molecular complexity index is 747. The number of hydrogen-bond acceptors (Lipinski definition) is 5. The van der Waals surface area contributed by atoms with Crippen LogP contribution in [0.2, 0.25) is 0 Å². The van der Waals surface area contributed by atoms with Gasteiger partial charge in [-0.3, -0.25) is 4.90 Å². The molecule has 0 saturated carbocycles. The van der Waals surface area contributed by atoms with Gasteiger partial charge in [0.25, 0.3) is 0 Å². The Balaban J connectivity index is 0.00000208. The maximum Gasteiger partial charge on any atom is 0.336 e. The Kier molecular flexibility index (Phi) is 6.40. The Morgan fingerprint density at radius 2 is 2.17 bits per heavy atom. The largest absolute Gasteiger partial charge is 0.423 e. The first kappa shape index (κ1) is 18.9. The molecule has 5 nitrogen and oxygen atoms in total. The van der Waals surface area contributed by atoms with Gasteiger partial charge in [-0.1, -0.05) is 12.1 Å². The number of hydrogen-bond donors (Lipinski definition) is 1. The highest BCUT2D eigenvalue weighted by Crippen LogP contribution is 2.24. The Hall–Kier alpha value is -1.40. The van der Waals surface area contributed by atoms with Gasteiger partial charge in [0, 0.05) is 44.2 Å². The minimum absolute atomic E-state index is 0. The highest BCUT2D eigenvalue weighted by atomic mass is 35.5. The van der Waals surface area contributed by atoms with E-state index in [4.69, 9.17) is 14.9 Å². The van der Waals surface area contributed by atoms with Crippen LogP contribution in [0.5, 0.6) is 0 Å². The van der Waals surface area contributed by atoms with Gasteiger partial charge in [0.1, 0.15) is 5.58 Å². The molecule has 1 aliphatic rings. The summed E-state index contributed by atoms with van der Waals surface area (Å²) < 4.78 is 10.8. The van der Waals surface area contributed by atoms with Crippen molar-refractivity contribution in [3.63, 3.8) is 0 Å². The number of nitrogens with zero attached hydrogens (tertiary/aromatic N) is 1. The van der Waals surface area contributed by atoms with E-state index in [-0.39, 0.29) is 30.2 Å². The van der Waals surface area contributed by atoms with E-state index in [9.17, 15) is 4.79 Å². The monoisotopic (exact) mass is 352 g/mol. The molecular weight excluding hydrogens is 328 g/mol. The Morgan fingerprint density at radius 1 is 1.38 bits per heavy atom. The van der Waals surface area contributed by atoms with Gasteiger partial charge < -0.3 is 14.9 Å². The number of fused-ring (bicyclic) bond motifs is 1.